The van der Waals surface area contributed by atoms with Crippen molar-refractivity contribution in [3.63, 3.8) is 0 Å². The van der Waals surface area contributed by atoms with Crippen molar-refractivity contribution in [3.05, 3.63) is 36.0 Å². The maximum Gasteiger partial charge on any atom is 0.229 e. The van der Waals surface area contributed by atoms with Crippen molar-refractivity contribution in [1.29, 1.82) is 0 Å². The number of nitrogens with zero attached hydrogens (tertiary/aromatic N) is 1. The van der Waals surface area contributed by atoms with E-state index in [1.807, 2.05) is 24.3 Å². The van der Waals surface area contributed by atoms with Crippen LogP contribution in [0.3, 0.4) is 0 Å². The molecule has 0 aliphatic rings. The third kappa shape index (κ3) is 3.81. The Hall–Kier alpha value is -2.43. The van der Waals surface area contributed by atoms with Gasteiger partial charge in [-0.1, -0.05) is 18.2 Å². The van der Waals surface area contributed by atoms with Crippen molar-refractivity contribution >= 4 is 28.4 Å². The second kappa shape index (κ2) is 7.02. The normalized spacial score (nSPS) is 10.6. The second-order valence-corrected chi connectivity index (χ2v) is 5.47. The van der Waals surface area contributed by atoms with Crippen molar-refractivity contribution in [2.24, 2.45) is 0 Å². The summed E-state index contributed by atoms with van der Waals surface area (Å²) in [6.45, 7) is 1.87. The quantitative estimate of drug-likeness (QED) is 0.631. The molecule has 5 nitrogen and oxygen atoms in total. The van der Waals surface area contributed by atoms with Gasteiger partial charge in [0.1, 0.15) is 5.78 Å². The number of aromatic amines is 1. The summed E-state index contributed by atoms with van der Waals surface area (Å²) in [6, 6.07) is 7.67. The van der Waals surface area contributed by atoms with Crippen molar-refractivity contribution in [1.82, 2.24) is 9.88 Å². The lowest BCUT2D eigenvalue weighted by Gasteiger charge is -2.15. The predicted octanol–water partition coefficient (Wildman–Crippen LogP) is 2.57. The number of carbonyl (C=O) groups is 3. The molecule has 0 radical (unpaired) electrons. The molecule has 1 amide bonds. The fourth-order valence-corrected chi connectivity index (χ4v) is 2.39. The molecule has 0 aliphatic heterocycles. The summed E-state index contributed by atoms with van der Waals surface area (Å²) in [4.78, 5) is 39.4. The maximum absolute atomic E-state index is 12.3. The fraction of sp³-hybridized carbons (Fsp3) is 0.353. The molecule has 2 rings (SSSR count). The predicted molar refractivity (Wildman–Crippen MR) is 84.8 cm³/mol. The number of H-pyrrole nitrogens is 1. The number of benzene rings is 1. The third-order valence-corrected chi connectivity index (χ3v) is 3.61. The van der Waals surface area contributed by atoms with Crippen LogP contribution >= 0.6 is 0 Å². The standard InChI is InChI=1S/C17H20N2O3/c1-12(20)10-17(22)19(2)9-5-8-16(21)14-11-18-15-7-4-3-6-13(14)15/h3-4,6-7,11,18H,5,8-10H2,1-2H3. The Morgan fingerprint density at radius 3 is 2.64 bits per heavy atom. The van der Waals surface area contributed by atoms with Crippen LogP contribution in [-0.2, 0) is 9.59 Å². The molecule has 0 saturated carbocycles. The van der Waals surface area contributed by atoms with E-state index in [1.165, 1.54) is 11.8 Å². The lowest BCUT2D eigenvalue weighted by molar-refractivity contribution is -0.133. The number of amides is 1. The number of carbonyl (C=O) groups excluding carboxylic acids is 3. The molecule has 116 valence electrons. The van der Waals surface area contributed by atoms with Crippen molar-refractivity contribution in [2.45, 2.75) is 26.2 Å². The van der Waals surface area contributed by atoms with Gasteiger partial charge in [0.25, 0.3) is 0 Å². The van der Waals surface area contributed by atoms with E-state index in [2.05, 4.69) is 4.98 Å². The van der Waals surface area contributed by atoms with Gasteiger partial charge in [0.15, 0.2) is 5.78 Å². The Morgan fingerprint density at radius 1 is 1.18 bits per heavy atom. The summed E-state index contributed by atoms with van der Waals surface area (Å²) in [5.74, 6) is -0.288. The summed E-state index contributed by atoms with van der Waals surface area (Å²) in [5, 5.41) is 0.925. The monoisotopic (exact) mass is 300 g/mol. The van der Waals surface area contributed by atoms with Gasteiger partial charge in [-0.2, -0.15) is 0 Å². The molecular weight excluding hydrogens is 280 g/mol. The molecule has 1 aromatic carbocycles. The Labute approximate surface area is 129 Å². The largest absolute Gasteiger partial charge is 0.360 e. The highest BCUT2D eigenvalue weighted by Gasteiger charge is 2.14. The molecule has 0 bridgehead atoms. The van der Waals surface area contributed by atoms with Crippen LogP contribution < -0.4 is 0 Å². The zero-order valence-corrected chi connectivity index (χ0v) is 12.9. The Kier molecular flexibility index (Phi) is 5.09. The van der Waals surface area contributed by atoms with Crippen LogP contribution in [-0.4, -0.2) is 40.9 Å². The SMILES string of the molecule is CC(=O)CC(=O)N(C)CCCC(=O)c1c[nH]c2ccccc12. The lowest BCUT2D eigenvalue weighted by atomic mass is 10.1. The number of fused-ring (bicyclic) bond motifs is 1. The smallest absolute Gasteiger partial charge is 0.229 e. The number of para-hydroxylation sites is 1. The average Bonchev–Trinajstić information content (AvgIpc) is 2.90. The van der Waals surface area contributed by atoms with Crippen LogP contribution in [0.2, 0.25) is 0 Å². The van der Waals surface area contributed by atoms with E-state index in [1.54, 1.807) is 13.2 Å². The summed E-state index contributed by atoms with van der Waals surface area (Å²) >= 11 is 0. The van der Waals surface area contributed by atoms with Crippen LogP contribution in [0, 0.1) is 0 Å². The number of Topliss-reactive ketones (excluding diaryl/α,β-unsaturated/α-hetero) is 2. The second-order valence-electron chi connectivity index (χ2n) is 5.47. The molecular formula is C17H20N2O3. The number of hydrogen-bond donors (Lipinski definition) is 1. The van der Waals surface area contributed by atoms with Gasteiger partial charge in [-0.05, 0) is 19.4 Å². The van der Waals surface area contributed by atoms with E-state index in [9.17, 15) is 14.4 Å². The van der Waals surface area contributed by atoms with Gasteiger partial charge in [0.2, 0.25) is 5.91 Å². The number of nitrogens with one attached hydrogen (secondary N) is 1. The minimum atomic E-state index is -0.202. The Balaban J connectivity index is 1.88. The molecule has 0 atom stereocenters. The first-order valence-corrected chi connectivity index (χ1v) is 7.31. The van der Waals surface area contributed by atoms with E-state index in [0.29, 0.717) is 24.9 Å². The maximum atomic E-state index is 12.3. The molecule has 0 aliphatic carbocycles. The third-order valence-electron chi connectivity index (χ3n) is 3.61. The molecule has 1 heterocycles. The molecule has 1 aromatic heterocycles. The highest BCUT2D eigenvalue weighted by atomic mass is 16.2. The van der Waals surface area contributed by atoms with Gasteiger partial charge in [-0.15, -0.1) is 0 Å². The molecule has 1 N–H and O–H groups in total. The van der Waals surface area contributed by atoms with Crippen molar-refractivity contribution < 1.29 is 14.4 Å². The first-order chi connectivity index (χ1) is 10.5. The van der Waals surface area contributed by atoms with E-state index < -0.39 is 0 Å². The number of rotatable bonds is 7. The molecule has 0 unspecified atom stereocenters. The summed E-state index contributed by atoms with van der Waals surface area (Å²) in [7, 11) is 1.65. The Bertz CT molecular complexity index is 703. The first kappa shape index (κ1) is 15.9. The van der Waals surface area contributed by atoms with Gasteiger partial charge >= 0.3 is 0 Å². The van der Waals surface area contributed by atoms with Gasteiger partial charge in [-0.3, -0.25) is 14.4 Å². The number of aromatic nitrogens is 1. The minimum absolute atomic E-state index is 0.0601. The zero-order chi connectivity index (χ0) is 16.1. The van der Waals surface area contributed by atoms with Crippen LogP contribution in [0.25, 0.3) is 10.9 Å². The summed E-state index contributed by atoms with van der Waals surface area (Å²) in [6.07, 6.45) is 2.61. The van der Waals surface area contributed by atoms with Gasteiger partial charge in [-0.25, -0.2) is 0 Å². The highest BCUT2D eigenvalue weighted by Crippen LogP contribution is 2.19. The molecule has 22 heavy (non-hydrogen) atoms. The molecule has 0 spiro atoms. The zero-order valence-electron chi connectivity index (χ0n) is 12.9. The number of hydrogen-bond acceptors (Lipinski definition) is 3. The van der Waals surface area contributed by atoms with E-state index in [0.717, 1.165) is 10.9 Å². The summed E-state index contributed by atoms with van der Waals surface area (Å²) < 4.78 is 0. The molecule has 2 aromatic rings. The fourth-order valence-electron chi connectivity index (χ4n) is 2.39. The highest BCUT2D eigenvalue weighted by molar-refractivity contribution is 6.07. The van der Waals surface area contributed by atoms with Crippen LogP contribution in [0.4, 0.5) is 0 Å². The van der Waals surface area contributed by atoms with Crippen LogP contribution in [0.1, 0.15) is 36.5 Å². The molecule has 0 fully saturated rings. The average molecular weight is 300 g/mol. The van der Waals surface area contributed by atoms with Crippen molar-refractivity contribution in [2.75, 3.05) is 13.6 Å². The van der Waals surface area contributed by atoms with E-state index >= 15 is 0 Å². The van der Waals surface area contributed by atoms with Crippen molar-refractivity contribution in [3.8, 4) is 0 Å². The number of ketones is 2. The van der Waals surface area contributed by atoms with E-state index in [-0.39, 0.29) is 23.9 Å². The van der Waals surface area contributed by atoms with E-state index in [4.69, 9.17) is 0 Å². The minimum Gasteiger partial charge on any atom is -0.360 e. The van der Waals surface area contributed by atoms with Gasteiger partial charge in [0, 0.05) is 42.7 Å². The molecule has 0 saturated heterocycles. The topological polar surface area (TPSA) is 70.2 Å². The Morgan fingerprint density at radius 2 is 1.91 bits per heavy atom. The summed E-state index contributed by atoms with van der Waals surface area (Å²) in [5.41, 5.74) is 1.63. The molecule has 5 heteroatoms. The van der Waals surface area contributed by atoms with Gasteiger partial charge in [0.05, 0.1) is 6.42 Å². The first-order valence-electron chi connectivity index (χ1n) is 7.31. The van der Waals surface area contributed by atoms with Crippen LogP contribution in [0.15, 0.2) is 30.5 Å². The lowest BCUT2D eigenvalue weighted by Crippen LogP contribution is -2.29. The van der Waals surface area contributed by atoms with Gasteiger partial charge < -0.3 is 9.88 Å². The van der Waals surface area contributed by atoms with Crippen LogP contribution in [0.5, 0.6) is 0 Å².